The Hall–Kier alpha value is -2.89. The molecule has 3 aromatic rings. The molecule has 1 aliphatic heterocycles. The van der Waals surface area contributed by atoms with E-state index in [1.54, 1.807) is 20.2 Å². The van der Waals surface area contributed by atoms with E-state index < -0.39 is 0 Å². The van der Waals surface area contributed by atoms with Crippen LogP contribution in [0.4, 0.5) is 15.9 Å². The molecule has 0 saturated carbocycles. The highest BCUT2D eigenvalue weighted by atomic mass is 32.1. The number of carbonyl (C=O) groups excluding carboxylic acids is 1. The number of halogens is 1. The molecule has 0 aromatic carbocycles. The standard InChI is InChI=1S/C22H26FN7O2S/c1-10-26-7-13-18(25)19(33-22(13)27-10)21(31)28-12-3-4-16-11(5-12)6-14(23)20(29-16)30-8-15(24)17(9-30)32-2/h6-7,12,15,17H,3-5,8-9,24-25H2,1-2H3,(H,28,31). The first-order valence-electron chi connectivity index (χ1n) is 10.9. The number of rotatable bonds is 4. The van der Waals surface area contributed by atoms with Crippen molar-refractivity contribution in [3.8, 4) is 0 Å². The van der Waals surface area contributed by atoms with Crippen LogP contribution in [0.1, 0.15) is 33.2 Å². The van der Waals surface area contributed by atoms with Gasteiger partial charge in [-0.15, -0.1) is 11.3 Å². The van der Waals surface area contributed by atoms with Crippen LogP contribution in [0.2, 0.25) is 0 Å². The van der Waals surface area contributed by atoms with Crippen molar-refractivity contribution in [3.63, 3.8) is 0 Å². The van der Waals surface area contributed by atoms with E-state index in [4.69, 9.17) is 16.2 Å². The fraction of sp³-hybridized carbons (Fsp3) is 0.455. The molecule has 174 valence electrons. The number of nitrogens with zero attached hydrogens (tertiary/aromatic N) is 4. The number of anilines is 2. The quantitative estimate of drug-likeness (QED) is 0.522. The van der Waals surface area contributed by atoms with Crippen LogP contribution in [0.5, 0.6) is 0 Å². The van der Waals surface area contributed by atoms with E-state index in [-0.39, 0.29) is 29.9 Å². The van der Waals surface area contributed by atoms with Crippen LogP contribution in [-0.2, 0) is 17.6 Å². The fourth-order valence-electron chi connectivity index (χ4n) is 4.60. The third-order valence-electron chi connectivity index (χ3n) is 6.38. The first kappa shape index (κ1) is 21.9. The Labute approximate surface area is 194 Å². The van der Waals surface area contributed by atoms with Gasteiger partial charge in [-0.3, -0.25) is 4.79 Å². The lowest BCUT2D eigenvalue weighted by molar-refractivity contribution is 0.0938. The summed E-state index contributed by atoms with van der Waals surface area (Å²) in [4.78, 5) is 29.0. The maximum atomic E-state index is 14.9. The van der Waals surface area contributed by atoms with Gasteiger partial charge in [0.1, 0.15) is 15.5 Å². The lowest BCUT2D eigenvalue weighted by Gasteiger charge is -2.27. The minimum atomic E-state index is -0.382. The smallest absolute Gasteiger partial charge is 0.263 e. The van der Waals surface area contributed by atoms with Crippen molar-refractivity contribution in [2.45, 2.75) is 44.4 Å². The number of carbonyl (C=O) groups is 1. The molecule has 1 amide bonds. The summed E-state index contributed by atoms with van der Waals surface area (Å²) in [5, 5.41) is 3.73. The number of nitrogen functional groups attached to an aromatic ring is 1. The average molecular weight is 472 g/mol. The molecular formula is C22H26FN7O2S. The van der Waals surface area contributed by atoms with Crippen LogP contribution in [-0.4, -0.2) is 59.2 Å². The van der Waals surface area contributed by atoms with Crippen LogP contribution in [0, 0.1) is 12.7 Å². The van der Waals surface area contributed by atoms with E-state index in [2.05, 4.69) is 20.3 Å². The molecule has 1 aliphatic carbocycles. The van der Waals surface area contributed by atoms with Crippen molar-refractivity contribution in [2.75, 3.05) is 30.8 Å². The minimum Gasteiger partial charge on any atom is -0.397 e. The van der Waals surface area contributed by atoms with E-state index in [9.17, 15) is 9.18 Å². The number of hydrogen-bond donors (Lipinski definition) is 3. The summed E-state index contributed by atoms with van der Waals surface area (Å²) in [7, 11) is 1.61. The summed E-state index contributed by atoms with van der Waals surface area (Å²) in [6, 6.07) is 1.23. The molecule has 5 N–H and O–H groups in total. The van der Waals surface area contributed by atoms with Gasteiger partial charge in [-0.05, 0) is 37.8 Å². The third kappa shape index (κ3) is 4.00. The van der Waals surface area contributed by atoms with Crippen LogP contribution < -0.4 is 21.7 Å². The van der Waals surface area contributed by atoms with E-state index in [0.29, 0.717) is 64.8 Å². The van der Waals surface area contributed by atoms with Gasteiger partial charge in [-0.1, -0.05) is 0 Å². The summed E-state index contributed by atoms with van der Waals surface area (Å²) in [5.41, 5.74) is 14.3. The summed E-state index contributed by atoms with van der Waals surface area (Å²) in [6.07, 6.45) is 3.37. The number of aryl methyl sites for hydroxylation is 2. The number of nitrogens with two attached hydrogens (primary N) is 2. The van der Waals surface area contributed by atoms with Gasteiger partial charge < -0.3 is 26.4 Å². The summed E-state index contributed by atoms with van der Waals surface area (Å²) in [6.45, 7) is 2.81. The highest BCUT2D eigenvalue weighted by Gasteiger charge is 2.33. The number of amides is 1. The predicted octanol–water partition coefficient (Wildman–Crippen LogP) is 1.57. The number of aromatic nitrogens is 3. The minimum absolute atomic E-state index is 0.132. The Morgan fingerprint density at radius 3 is 2.94 bits per heavy atom. The number of pyridine rings is 1. The molecule has 1 saturated heterocycles. The molecular weight excluding hydrogens is 445 g/mol. The third-order valence-corrected chi connectivity index (χ3v) is 7.50. The normalized spacial score (nSPS) is 22.5. The molecule has 5 rings (SSSR count). The van der Waals surface area contributed by atoms with E-state index in [1.165, 1.54) is 17.4 Å². The Morgan fingerprint density at radius 1 is 1.36 bits per heavy atom. The second-order valence-electron chi connectivity index (χ2n) is 8.64. The maximum absolute atomic E-state index is 14.9. The fourth-order valence-corrected chi connectivity index (χ4v) is 5.61. The Kier molecular flexibility index (Phi) is 5.63. The molecule has 0 bridgehead atoms. The van der Waals surface area contributed by atoms with Gasteiger partial charge in [0.05, 0.1) is 23.2 Å². The number of thiophene rings is 1. The number of hydrogen-bond acceptors (Lipinski definition) is 9. The zero-order valence-corrected chi connectivity index (χ0v) is 19.3. The number of ether oxygens (including phenoxy) is 1. The molecule has 1 fully saturated rings. The number of nitrogens with one attached hydrogen (secondary N) is 1. The lowest BCUT2D eigenvalue weighted by atomic mass is 9.91. The van der Waals surface area contributed by atoms with Gasteiger partial charge in [0.2, 0.25) is 0 Å². The molecule has 3 atom stereocenters. The lowest BCUT2D eigenvalue weighted by Crippen LogP contribution is -2.39. The van der Waals surface area contributed by atoms with Crippen molar-refractivity contribution in [3.05, 3.63) is 40.0 Å². The topological polar surface area (TPSA) is 132 Å². The first-order chi connectivity index (χ1) is 15.8. The van der Waals surface area contributed by atoms with Crippen LogP contribution in [0.15, 0.2) is 12.3 Å². The Morgan fingerprint density at radius 2 is 2.18 bits per heavy atom. The zero-order valence-electron chi connectivity index (χ0n) is 18.5. The van der Waals surface area contributed by atoms with Gasteiger partial charge >= 0.3 is 0 Å². The van der Waals surface area contributed by atoms with Crippen molar-refractivity contribution >= 4 is 39.0 Å². The second-order valence-corrected chi connectivity index (χ2v) is 9.64. The SMILES string of the molecule is COC1CN(c2nc3c(cc2F)CC(NC(=O)c2sc4nc(C)ncc4c2N)CC3)CC1N. The summed E-state index contributed by atoms with van der Waals surface area (Å²) < 4.78 is 20.3. The molecule has 2 aliphatic rings. The van der Waals surface area contributed by atoms with E-state index in [0.717, 1.165) is 11.3 Å². The molecule has 4 heterocycles. The van der Waals surface area contributed by atoms with Gasteiger partial charge in [0, 0.05) is 38.1 Å². The van der Waals surface area contributed by atoms with Crippen molar-refractivity contribution in [2.24, 2.45) is 5.73 Å². The zero-order chi connectivity index (χ0) is 23.3. The number of fused-ring (bicyclic) bond motifs is 2. The van der Waals surface area contributed by atoms with E-state index >= 15 is 0 Å². The highest BCUT2D eigenvalue weighted by Crippen LogP contribution is 2.33. The van der Waals surface area contributed by atoms with Gasteiger partial charge in [-0.25, -0.2) is 19.3 Å². The first-order valence-corrected chi connectivity index (χ1v) is 11.7. The van der Waals surface area contributed by atoms with Crippen LogP contribution in [0.3, 0.4) is 0 Å². The van der Waals surface area contributed by atoms with Crippen molar-refractivity contribution in [1.29, 1.82) is 0 Å². The molecule has 3 aromatic heterocycles. The maximum Gasteiger partial charge on any atom is 0.263 e. The van der Waals surface area contributed by atoms with E-state index in [1.807, 2.05) is 4.90 Å². The van der Waals surface area contributed by atoms with Gasteiger partial charge in [-0.2, -0.15) is 0 Å². The largest absolute Gasteiger partial charge is 0.397 e. The van der Waals surface area contributed by atoms with Crippen molar-refractivity contribution in [1.82, 2.24) is 20.3 Å². The molecule has 11 heteroatoms. The van der Waals surface area contributed by atoms with Gasteiger partial charge in [0.15, 0.2) is 11.6 Å². The molecule has 3 unspecified atom stereocenters. The van der Waals surface area contributed by atoms with Crippen LogP contribution >= 0.6 is 11.3 Å². The molecule has 0 spiro atoms. The Balaban J connectivity index is 1.31. The molecule has 9 nitrogen and oxygen atoms in total. The highest BCUT2D eigenvalue weighted by molar-refractivity contribution is 7.21. The average Bonchev–Trinajstić information content (AvgIpc) is 3.32. The monoisotopic (exact) mass is 471 g/mol. The summed E-state index contributed by atoms with van der Waals surface area (Å²) >= 11 is 1.25. The van der Waals surface area contributed by atoms with Gasteiger partial charge in [0.25, 0.3) is 5.91 Å². The second kappa shape index (κ2) is 8.47. The molecule has 0 radical (unpaired) electrons. The predicted molar refractivity (Wildman–Crippen MR) is 125 cm³/mol. The van der Waals surface area contributed by atoms with Crippen molar-refractivity contribution < 1.29 is 13.9 Å². The van der Waals surface area contributed by atoms with Crippen LogP contribution in [0.25, 0.3) is 10.2 Å². The number of methoxy groups -OCH3 is 1. The Bertz CT molecular complexity index is 1230. The summed E-state index contributed by atoms with van der Waals surface area (Å²) in [5.74, 6) is 0.318. The molecule has 33 heavy (non-hydrogen) atoms.